The van der Waals surface area contributed by atoms with Crippen LogP contribution in [-0.4, -0.2) is 12.1 Å². The van der Waals surface area contributed by atoms with Gasteiger partial charge in [0.05, 0.1) is 7.11 Å². The highest BCUT2D eigenvalue weighted by Crippen LogP contribution is 2.17. The van der Waals surface area contributed by atoms with Crippen LogP contribution in [0.15, 0.2) is 12.3 Å². The van der Waals surface area contributed by atoms with Gasteiger partial charge >= 0.3 is 0 Å². The lowest BCUT2D eigenvalue weighted by Crippen LogP contribution is -2.06. The number of pyridine rings is 1. The Kier molecular flexibility index (Phi) is 2.65. The minimum absolute atomic E-state index is 0.0297. The first kappa shape index (κ1) is 9.00. The third-order valence-electron chi connectivity index (χ3n) is 1.77. The zero-order valence-corrected chi connectivity index (χ0v) is 7.66. The van der Waals surface area contributed by atoms with Crippen molar-refractivity contribution >= 4 is 0 Å². The summed E-state index contributed by atoms with van der Waals surface area (Å²) >= 11 is 0. The van der Waals surface area contributed by atoms with Crippen molar-refractivity contribution in [1.29, 1.82) is 0 Å². The van der Waals surface area contributed by atoms with Crippen LogP contribution in [0, 0.1) is 6.92 Å². The van der Waals surface area contributed by atoms with Gasteiger partial charge in [0.2, 0.25) is 5.88 Å². The van der Waals surface area contributed by atoms with Gasteiger partial charge < -0.3 is 10.5 Å². The number of hydrogen-bond donors (Lipinski definition) is 1. The van der Waals surface area contributed by atoms with Crippen LogP contribution in [0.4, 0.5) is 0 Å². The summed E-state index contributed by atoms with van der Waals surface area (Å²) in [6.07, 6.45) is 1.75. The van der Waals surface area contributed by atoms with Crippen LogP contribution in [-0.2, 0) is 0 Å². The van der Waals surface area contributed by atoms with Gasteiger partial charge in [0.25, 0.3) is 0 Å². The van der Waals surface area contributed by atoms with Crippen molar-refractivity contribution in [3.63, 3.8) is 0 Å². The van der Waals surface area contributed by atoms with Gasteiger partial charge in [-0.25, -0.2) is 4.98 Å². The van der Waals surface area contributed by atoms with E-state index in [1.165, 1.54) is 0 Å². The number of aromatic nitrogens is 1. The molecule has 3 nitrogen and oxygen atoms in total. The molecule has 3 heteroatoms. The van der Waals surface area contributed by atoms with E-state index >= 15 is 0 Å². The van der Waals surface area contributed by atoms with Crippen LogP contribution >= 0.6 is 0 Å². The van der Waals surface area contributed by atoms with Crippen LogP contribution in [0.25, 0.3) is 0 Å². The molecule has 1 aromatic heterocycles. The first-order valence-electron chi connectivity index (χ1n) is 3.91. The number of methoxy groups -OCH3 is 1. The van der Waals surface area contributed by atoms with Crippen molar-refractivity contribution in [2.75, 3.05) is 7.11 Å². The summed E-state index contributed by atoms with van der Waals surface area (Å²) in [5.41, 5.74) is 7.75. The van der Waals surface area contributed by atoms with Crippen LogP contribution in [0.5, 0.6) is 5.88 Å². The summed E-state index contributed by atoms with van der Waals surface area (Å²) in [6, 6.07) is 2.03. The van der Waals surface area contributed by atoms with Gasteiger partial charge in [-0.3, -0.25) is 0 Å². The molecule has 0 saturated heterocycles. The van der Waals surface area contributed by atoms with Crippen LogP contribution in [0.3, 0.4) is 0 Å². The van der Waals surface area contributed by atoms with Gasteiger partial charge in [-0.05, 0) is 25.5 Å². The van der Waals surface area contributed by atoms with Crippen molar-refractivity contribution in [2.45, 2.75) is 19.9 Å². The molecule has 12 heavy (non-hydrogen) atoms. The Morgan fingerprint density at radius 3 is 2.67 bits per heavy atom. The molecule has 0 amide bonds. The molecule has 1 rings (SSSR count). The summed E-state index contributed by atoms with van der Waals surface area (Å²) < 4.78 is 5.03. The second-order valence-corrected chi connectivity index (χ2v) is 2.88. The van der Waals surface area contributed by atoms with E-state index in [1.807, 2.05) is 19.9 Å². The van der Waals surface area contributed by atoms with Crippen LogP contribution in [0.2, 0.25) is 0 Å². The van der Waals surface area contributed by atoms with E-state index in [0.717, 1.165) is 11.1 Å². The molecule has 0 aliphatic heterocycles. The van der Waals surface area contributed by atoms with Gasteiger partial charge in [-0.1, -0.05) is 0 Å². The van der Waals surface area contributed by atoms with Crippen molar-refractivity contribution in [3.8, 4) is 5.88 Å². The molecule has 2 N–H and O–H groups in total. The van der Waals surface area contributed by atoms with Gasteiger partial charge in [0, 0.05) is 17.8 Å². The highest BCUT2D eigenvalue weighted by molar-refractivity contribution is 5.29. The van der Waals surface area contributed by atoms with E-state index in [1.54, 1.807) is 13.3 Å². The molecule has 66 valence electrons. The third-order valence-corrected chi connectivity index (χ3v) is 1.77. The topological polar surface area (TPSA) is 48.1 Å². The average Bonchev–Trinajstić information content (AvgIpc) is 2.04. The van der Waals surface area contributed by atoms with E-state index in [0.29, 0.717) is 5.88 Å². The highest BCUT2D eigenvalue weighted by Gasteiger charge is 2.03. The minimum atomic E-state index is 0.0297. The van der Waals surface area contributed by atoms with Crippen molar-refractivity contribution in [3.05, 3.63) is 23.4 Å². The van der Waals surface area contributed by atoms with Crippen molar-refractivity contribution < 1.29 is 4.74 Å². The van der Waals surface area contributed by atoms with E-state index < -0.39 is 0 Å². The molecule has 1 heterocycles. The second-order valence-electron chi connectivity index (χ2n) is 2.88. The molecule has 0 aliphatic carbocycles. The SMILES string of the molecule is COc1ncc([C@H](C)N)cc1C. The fourth-order valence-corrected chi connectivity index (χ4v) is 1.05. The summed E-state index contributed by atoms with van der Waals surface area (Å²) in [4.78, 5) is 4.12. The summed E-state index contributed by atoms with van der Waals surface area (Å²) in [7, 11) is 1.61. The first-order chi connectivity index (χ1) is 5.65. The molecule has 0 aromatic carbocycles. The number of aryl methyl sites for hydroxylation is 1. The van der Waals surface area contributed by atoms with Crippen LogP contribution < -0.4 is 10.5 Å². The third kappa shape index (κ3) is 1.74. The zero-order chi connectivity index (χ0) is 9.14. The standard InChI is InChI=1S/C9H14N2O/c1-6-4-8(7(2)10)5-11-9(6)12-3/h4-5,7H,10H2,1-3H3/t7-/m0/s1. The normalized spacial score (nSPS) is 12.7. The Hall–Kier alpha value is -1.09. The van der Waals surface area contributed by atoms with E-state index in [9.17, 15) is 0 Å². The second kappa shape index (κ2) is 3.54. The summed E-state index contributed by atoms with van der Waals surface area (Å²) in [6.45, 7) is 3.89. The minimum Gasteiger partial charge on any atom is -0.481 e. The van der Waals surface area contributed by atoms with Gasteiger partial charge in [0.1, 0.15) is 0 Å². The predicted molar refractivity (Wildman–Crippen MR) is 48.1 cm³/mol. The number of rotatable bonds is 2. The Bertz CT molecular complexity index is 271. The van der Waals surface area contributed by atoms with E-state index in [4.69, 9.17) is 10.5 Å². The Morgan fingerprint density at radius 2 is 2.25 bits per heavy atom. The first-order valence-corrected chi connectivity index (χ1v) is 3.91. The molecular formula is C9H14N2O. The van der Waals surface area contributed by atoms with E-state index in [2.05, 4.69) is 4.98 Å². The summed E-state index contributed by atoms with van der Waals surface area (Å²) in [5.74, 6) is 0.666. The number of ether oxygens (including phenoxy) is 1. The van der Waals surface area contributed by atoms with E-state index in [-0.39, 0.29) is 6.04 Å². The molecule has 1 aromatic rings. The quantitative estimate of drug-likeness (QED) is 0.722. The number of nitrogens with zero attached hydrogens (tertiary/aromatic N) is 1. The maximum atomic E-state index is 5.69. The van der Waals surface area contributed by atoms with Crippen LogP contribution in [0.1, 0.15) is 24.1 Å². The Balaban J connectivity index is 3.02. The molecule has 0 spiro atoms. The largest absolute Gasteiger partial charge is 0.481 e. The molecule has 0 aliphatic rings. The Labute approximate surface area is 72.6 Å². The average molecular weight is 166 g/mol. The highest BCUT2D eigenvalue weighted by atomic mass is 16.5. The van der Waals surface area contributed by atoms with Gasteiger partial charge in [-0.15, -0.1) is 0 Å². The zero-order valence-electron chi connectivity index (χ0n) is 7.66. The smallest absolute Gasteiger partial charge is 0.215 e. The molecule has 0 saturated carbocycles. The molecule has 0 fully saturated rings. The monoisotopic (exact) mass is 166 g/mol. The lowest BCUT2D eigenvalue weighted by atomic mass is 10.1. The maximum absolute atomic E-state index is 5.69. The predicted octanol–water partition coefficient (Wildman–Crippen LogP) is 1.42. The summed E-state index contributed by atoms with van der Waals surface area (Å²) in [5, 5.41) is 0. The lowest BCUT2D eigenvalue weighted by molar-refractivity contribution is 0.394. The molecule has 0 unspecified atom stereocenters. The maximum Gasteiger partial charge on any atom is 0.215 e. The fourth-order valence-electron chi connectivity index (χ4n) is 1.05. The van der Waals surface area contributed by atoms with Crippen molar-refractivity contribution in [1.82, 2.24) is 4.98 Å². The number of nitrogens with two attached hydrogens (primary N) is 1. The molecule has 0 bridgehead atoms. The van der Waals surface area contributed by atoms with Gasteiger partial charge in [0.15, 0.2) is 0 Å². The Morgan fingerprint density at radius 1 is 1.58 bits per heavy atom. The molecule has 0 radical (unpaired) electrons. The molecule has 1 atom stereocenters. The molecular weight excluding hydrogens is 152 g/mol. The lowest BCUT2D eigenvalue weighted by Gasteiger charge is -2.08. The van der Waals surface area contributed by atoms with Crippen molar-refractivity contribution in [2.24, 2.45) is 5.73 Å². The number of hydrogen-bond acceptors (Lipinski definition) is 3. The van der Waals surface area contributed by atoms with Gasteiger partial charge in [-0.2, -0.15) is 0 Å². The fraction of sp³-hybridized carbons (Fsp3) is 0.444.